The molecule has 1 aliphatic rings. The average Bonchev–Trinajstić information content (AvgIpc) is 2.87. The Morgan fingerprint density at radius 1 is 1.33 bits per heavy atom. The number of nitrogens with zero attached hydrogens (tertiary/aromatic N) is 4. The number of nitrogens with one attached hydrogen (secondary N) is 1. The molecule has 0 atom stereocenters. The summed E-state index contributed by atoms with van der Waals surface area (Å²) < 4.78 is 5.30. The van der Waals surface area contributed by atoms with Gasteiger partial charge in [-0.05, 0) is 31.7 Å². The molecular formula is C15H21N5O. The molecule has 0 aromatic carbocycles. The van der Waals surface area contributed by atoms with Gasteiger partial charge in [-0.15, -0.1) is 0 Å². The lowest BCUT2D eigenvalue weighted by Gasteiger charge is -2.20. The van der Waals surface area contributed by atoms with Gasteiger partial charge in [0.25, 0.3) is 0 Å². The minimum absolute atomic E-state index is 0.492. The highest BCUT2D eigenvalue weighted by atomic mass is 16.5. The predicted molar refractivity (Wildman–Crippen MR) is 79.2 cm³/mol. The molecule has 6 nitrogen and oxygen atoms in total. The van der Waals surface area contributed by atoms with Crippen LogP contribution in [0.15, 0.2) is 10.7 Å². The Morgan fingerprint density at radius 2 is 2.19 bits per heavy atom. The van der Waals surface area contributed by atoms with Crippen molar-refractivity contribution in [2.75, 3.05) is 11.9 Å². The van der Waals surface area contributed by atoms with Crippen LogP contribution in [-0.4, -0.2) is 26.7 Å². The molecule has 2 heterocycles. The molecule has 2 aromatic rings. The second-order valence-corrected chi connectivity index (χ2v) is 5.53. The van der Waals surface area contributed by atoms with Crippen LogP contribution in [0.5, 0.6) is 0 Å². The zero-order chi connectivity index (χ0) is 14.7. The smallest absolute Gasteiger partial charge is 0.229 e. The summed E-state index contributed by atoms with van der Waals surface area (Å²) in [4.78, 5) is 13.2. The van der Waals surface area contributed by atoms with Crippen molar-refractivity contribution in [1.29, 1.82) is 0 Å². The normalized spacial score (nSPS) is 15.0. The maximum Gasteiger partial charge on any atom is 0.229 e. The van der Waals surface area contributed by atoms with Crippen LogP contribution in [0.25, 0.3) is 0 Å². The summed E-state index contributed by atoms with van der Waals surface area (Å²) >= 11 is 0. The van der Waals surface area contributed by atoms with Gasteiger partial charge in [0.15, 0.2) is 5.82 Å². The Morgan fingerprint density at radius 3 is 2.90 bits per heavy atom. The third-order valence-corrected chi connectivity index (χ3v) is 3.98. The van der Waals surface area contributed by atoms with E-state index in [-0.39, 0.29) is 0 Å². The minimum atomic E-state index is 0.492. The van der Waals surface area contributed by atoms with Crippen molar-refractivity contribution in [2.24, 2.45) is 0 Å². The number of hydrogen-bond donors (Lipinski definition) is 1. The Labute approximate surface area is 124 Å². The van der Waals surface area contributed by atoms with Crippen molar-refractivity contribution in [3.05, 3.63) is 29.2 Å². The van der Waals surface area contributed by atoms with Gasteiger partial charge in [0.05, 0.1) is 0 Å². The van der Waals surface area contributed by atoms with Crippen LogP contribution in [0.4, 0.5) is 5.95 Å². The molecule has 0 amide bonds. The van der Waals surface area contributed by atoms with Crippen molar-refractivity contribution in [3.8, 4) is 0 Å². The van der Waals surface area contributed by atoms with Gasteiger partial charge in [0.1, 0.15) is 0 Å². The molecule has 3 rings (SSSR count). The van der Waals surface area contributed by atoms with Crippen molar-refractivity contribution in [2.45, 2.75) is 51.9 Å². The Kier molecular flexibility index (Phi) is 4.13. The molecule has 0 bridgehead atoms. The number of anilines is 1. The van der Waals surface area contributed by atoms with Crippen LogP contribution in [0.2, 0.25) is 0 Å². The summed E-state index contributed by atoms with van der Waals surface area (Å²) in [5, 5.41) is 7.25. The van der Waals surface area contributed by atoms with E-state index in [9.17, 15) is 0 Å². The summed E-state index contributed by atoms with van der Waals surface area (Å²) in [6.07, 6.45) is 7.12. The fourth-order valence-corrected chi connectivity index (χ4v) is 2.40. The Hall–Kier alpha value is -1.98. The Balaban J connectivity index is 1.52. The maximum atomic E-state index is 5.30. The van der Waals surface area contributed by atoms with Crippen molar-refractivity contribution < 1.29 is 4.52 Å². The van der Waals surface area contributed by atoms with E-state index in [1.54, 1.807) is 0 Å². The summed E-state index contributed by atoms with van der Waals surface area (Å²) in [6, 6.07) is 0. The zero-order valence-corrected chi connectivity index (χ0v) is 12.6. The van der Waals surface area contributed by atoms with Crippen molar-refractivity contribution in [3.63, 3.8) is 0 Å². The molecule has 0 aliphatic heterocycles. The highest BCUT2D eigenvalue weighted by molar-refractivity contribution is 5.29. The van der Waals surface area contributed by atoms with Crippen LogP contribution in [0, 0.1) is 6.92 Å². The molecule has 0 radical (unpaired) electrons. The Bertz CT molecular complexity index is 606. The SMILES string of the molecule is CCc1nc(NCCc2noc(C3CCC3)n2)ncc1C. The third kappa shape index (κ3) is 3.20. The summed E-state index contributed by atoms with van der Waals surface area (Å²) in [6.45, 7) is 4.83. The van der Waals surface area contributed by atoms with Crippen LogP contribution < -0.4 is 5.32 Å². The molecule has 0 unspecified atom stereocenters. The summed E-state index contributed by atoms with van der Waals surface area (Å²) in [5.41, 5.74) is 2.21. The molecule has 6 heteroatoms. The van der Waals surface area contributed by atoms with E-state index in [2.05, 4.69) is 32.3 Å². The molecule has 2 aromatic heterocycles. The molecule has 0 spiro atoms. The van der Waals surface area contributed by atoms with E-state index in [0.717, 1.165) is 35.8 Å². The van der Waals surface area contributed by atoms with Gasteiger partial charge in [0.2, 0.25) is 11.8 Å². The molecule has 1 fully saturated rings. The number of hydrogen-bond acceptors (Lipinski definition) is 6. The first-order valence-electron chi connectivity index (χ1n) is 7.65. The number of rotatable bonds is 6. The third-order valence-electron chi connectivity index (χ3n) is 3.98. The van der Waals surface area contributed by atoms with Crippen LogP contribution in [0.3, 0.4) is 0 Å². The quantitative estimate of drug-likeness (QED) is 0.880. The summed E-state index contributed by atoms with van der Waals surface area (Å²) in [5.74, 6) is 2.72. The van der Waals surface area contributed by atoms with E-state index in [4.69, 9.17) is 4.52 Å². The summed E-state index contributed by atoms with van der Waals surface area (Å²) in [7, 11) is 0. The average molecular weight is 287 g/mol. The lowest BCUT2D eigenvalue weighted by molar-refractivity contribution is 0.291. The molecule has 1 N–H and O–H groups in total. The van der Waals surface area contributed by atoms with Gasteiger partial charge in [-0.25, -0.2) is 9.97 Å². The van der Waals surface area contributed by atoms with E-state index >= 15 is 0 Å². The second-order valence-electron chi connectivity index (χ2n) is 5.53. The standard InChI is InChI=1S/C15H21N5O/c1-3-12-10(2)9-17-15(18-12)16-8-7-13-19-14(21-20-13)11-5-4-6-11/h9,11H,3-8H2,1-2H3,(H,16,17,18). The highest BCUT2D eigenvalue weighted by Gasteiger charge is 2.25. The molecule has 112 valence electrons. The van der Waals surface area contributed by atoms with Gasteiger partial charge >= 0.3 is 0 Å². The van der Waals surface area contributed by atoms with Crippen molar-refractivity contribution >= 4 is 5.95 Å². The van der Waals surface area contributed by atoms with E-state index in [1.165, 1.54) is 19.3 Å². The molecular weight excluding hydrogens is 266 g/mol. The van der Waals surface area contributed by atoms with Gasteiger partial charge in [-0.2, -0.15) is 4.98 Å². The minimum Gasteiger partial charge on any atom is -0.354 e. The second kappa shape index (κ2) is 6.20. The molecule has 1 saturated carbocycles. The highest BCUT2D eigenvalue weighted by Crippen LogP contribution is 2.35. The van der Waals surface area contributed by atoms with Crippen molar-refractivity contribution in [1.82, 2.24) is 20.1 Å². The van der Waals surface area contributed by atoms with Gasteiger partial charge in [-0.3, -0.25) is 0 Å². The number of aromatic nitrogens is 4. The predicted octanol–water partition coefficient (Wildman–Crippen LogP) is 2.65. The molecule has 1 aliphatic carbocycles. The van der Waals surface area contributed by atoms with Crippen LogP contribution in [-0.2, 0) is 12.8 Å². The lowest BCUT2D eigenvalue weighted by atomic mass is 9.85. The maximum absolute atomic E-state index is 5.30. The first kappa shape index (κ1) is 14.0. The van der Waals surface area contributed by atoms with Gasteiger partial charge in [-0.1, -0.05) is 18.5 Å². The topological polar surface area (TPSA) is 76.7 Å². The van der Waals surface area contributed by atoms with Crippen LogP contribution >= 0.6 is 0 Å². The van der Waals surface area contributed by atoms with E-state index < -0.39 is 0 Å². The largest absolute Gasteiger partial charge is 0.354 e. The van der Waals surface area contributed by atoms with Gasteiger partial charge < -0.3 is 9.84 Å². The monoisotopic (exact) mass is 287 g/mol. The van der Waals surface area contributed by atoms with Gasteiger partial charge in [0, 0.05) is 30.8 Å². The van der Waals surface area contributed by atoms with E-state index in [1.807, 2.05) is 13.1 Å². The lowest BCUT2D eigenvalue weighted by Crippen LogP contribution is -2.11. The fraction of sp³-hybridized carbons (Fsp3) is 0.600. The molecule has 0 saturated heterocycles. The first-order valence-corrected chi connectivity index (χ1v) is 7.65. The van der Waals surface area contributed by atoms with Crippen LogP contribution in [0.1, 0.15) is 55.1 Å². The molecule has 21 heavy (non-hydrogen) atoms. The fourth-order valence-electron chi connectivity index (χ4n) is 2.40. The first-order chi connectivity index (χ1) is 10.3. The zero-order valence-electron chi connectivity index (χ0n) is 12.6. The van der Waals surface area contributed by atoms with E-state index in [0.29, 0.717) is 18.4 Å². The number of aryl methyl sites for hydroxylation is 2.